The van der Waals surface area contributed by atoms with E-state index in [9.17, 15) is 34.8 Å². The molecule has 0 aromatic carbocycles. The number of likely N-dealkylation sites (N-methyl/N-ethyl adjacent to an activating group) is 1. The molecule has 0 aromatic rings. The van der Waals surface area contributed by atoms with Crippen molar-refractivity contribution in [1.29, 1.82) is 0 Å². The van der Waals surface area contributed by atoms with Crippen LogP contribution in [0.2, 0.25) is 0 Å². The van der Waals surface area contributed by atoms with E-state index in [1.54, 1.807) is 64.9 Å². The standard InChI is InChI=1S/C39H65NO13/c1-22(2)17-31(44)52-37-26(6)49-33(21-39(37,7)47)53-36-25(5)50-38(35(46)34(36)40(8)9)51-30-19-28(42)20-32(45)48-24(4)13-11-10-12-14-29(43)23(3)18-27(30)15-16-41/h10-12,14,16,22-30,33-38,42-43,46-47H,13,15,17-21H2,1-9H3/b11-10-,14-12+. The van der Waals surface area contributed by atoms with Crippen molar-refractivity contribution >= 4 is 18.2 Å². The van der Waals surface area contributed by atoms with E-state index in [2.05, 4.69) is 0 Å². The molecule has 2 fully saturated rings. The Kier molecular flexibility index (Phi) is 17.5. The van der Waals surface area contributed by atoms with E-state index in [0.717, 1.165) is 6.29 Å². The highest BCUT2D eigenvalue weighted by Gasteiger charge is 2.52. The maximum atomic E-state index is 12.7. The summed E-state index contributed by atoms with van der Waals surface area (Å²) in [6.45, 7) is 12.4. The van der Waals surface area contributed by atoms with Crippen LogP contribution >= 0.6 is 0 Å². The Labute approximate surface area is 314 Å². The quantitative estimate of drug-likeness (QED) is 0.188. The number of carbonyl (C=O) groups is 3. The topological polar surface area (TPSA) is 191 Å². The zero-order valence-corrected chi connectivity index (χ0v) is 32.9. The average Bonchev–Trinajstić information content (AvgIpc) is 3.03. The Morgan fingerprint density at radius 1 is 1.06 bits per heavy atom. The summed E-state index contributed by atoms with van der Waals surface area (Å²) >= 11 is 0. The van der Waals surface area contributed by atoms with Crippen molar-refractivity contribution in [1.82, 2.24) is 4.90 Å². The lowest BCUT2D eigenvalue weighted by Gasteiger charge is -2.50. The maximum absolute atomic E-state index is 12.7. The SMILES string of the molecule is CC(C)CC(=O)OC1C(C)OC(OC2C(C)OC(OC3CC(O)CC(=O)OC(C)C/C=C\C=C\C(O)C(C)CC3CC=O)C(O)C2N(C)C)CC1(C)O. The van der Waals surface area contributed by atoms with E-state index in [0.29, 0.717) is 12.8 Å². The van der Waals surface area contributed by atoms with Crippen LogP contribution in [0.5, 0.6) is 0 Å². The fraction of sp³-hybridized carbons (Fsp3) is 0.821. The van der Waals surface area contributed by atoms with Gasteiger partial charge in [-0.05, 0) is 66.0 Å². The second kappa shape index (κ2) is 20.6. The number of allylic oxidation sites excluding steroid dienone is 2. The highest BCUT2D eigenvalue weighted by molar-refractivity contribution is 5.70. The minimum Gasteiger partial charge on any atom is -0.462 e. The molecule has 2 saturated heterocycles. The molecule has 304 valence electrons. The molecule has 0 aromatic heterocycles. The second-order valence-electron chi connectivity index (χ2n) is 16.1. The first-order chi connectivity index (χ1) is 24.8. The molecule has 14 heteroatoms. The number of aliphatic hydroxyl groups excluding tert-OH is 3. The molecule has 3 aliphatic heterocycles. The zero-order valence-electron chi connectivity index (χ0n) is 32.9. The van der Waals surface area contributed by atoms with E-state index in [1.165, 1.54) is 0 Å². The third-order valence-corrected chi connectivity index (χ3v) is 10.3. The minimum atomic E-state index is -1.47. The normalized spacial score (nSPS) is 42.1. The van der Waals surface area contributed by atoms with Gasteiger partial charge >= 0.3 is 11.9 Å². The van der Waals surface area contributed by atoms with Gasteiger partial charge in [-0.1, -0.05) is 45.1 Å². The van der Waals surface area contributed by atoms with Gasteiger partial charge in [-0.2, -0.15) is 0 Å². The molecule has 0 amide bonds. The smallest absolute Gasteiger partial charge is 0.308 e. The Bertz CT molecular complexity index is 1220. The van der Waals surface area contributed by atoms with E-state index >= 15 is 0 Å². The van der Waals surface area contributed by atoms with Gasteiger partial charge in [0.2, 0.25) is 0 Å². The fourth-order valence-electron chi connectivity index (χ4n) is 7.48. The third-order valence-electron chi connectivity index (χ3n) is 10.3. The van der Waals surface area contributed by atoms with Gasteiger partial charge in [0.25, 0.3) is 0 Å². The number of esters is 2. The first-order valence-corrected chi connectivity index (χ1v) is 19.0. The number of aldehydes is 1. The van der Waals surface area contributed by atoms with Crippen LogP contribution < -0.4 is 0 Å². The molecule has 0 radical (unpaired) electrons. The van der Waals surface area contributed by atoms with Crippen LogP contribution in [0, 0.1) is 17.8 Å². The van der Waals surface area contributed by atoms with E-state index < -0.39 is 97.0 Å². The summed E-state index contributed by atoms with van der Waals surface area (Å²) in [6.07, 6.45) is -1.47. The number of carbonyl (C=O) groups excluding carboxylic acids is 3. The van der Waals surface area contributed by atoms with E-state index in [-0.39, 0.29) is 43.9 Å². The van der Waals surface area contributed by atoms with Crippen molar-refractivity contribution in [2.75, 3.05) is 14.1 Å². The van der Waals surface area contributed by atoms with Crippen molar-refractivity contribution in [2.24, 2.45) is 17.8 Å². The summed E-state index contributed by atoms with van der Waals surface area (Å²) in [5.41, 5.74) is -1.47. The predicted molar refractivity (Wildman–Crippen MR) is 194 cm³/mol. The van der Waals surface area contributed by atoms with E-state index in [1.807, 2.05) is 26.8 Å². The van der Waals surface area contributed by atoms with Crippen molar-refractivity contribution in [3.8, 4) is 0 Å². The summed E-state index contributed by atoms with van der Waals surface area (Å²) < 4.78 is 36.4. The highest BCUT2D eigenvalue weighted by Crippen LogP contribution is 2.37. The molecule has 0 spiro atoms. The Hall–Kier alpha value is -2.27. The van der Waals surface area contributed by atoms with Crippen LogP contribution in [0.3, 0.4) is 0 Å². The van der Waals surface area contributed by atoms with Gasteiger partial charge in [0.15, 0.2) is 18.7 Å². The largest absolute Gasteiger partial charge is 0.462 e. The number of cyclic esters (lactones) is 1. The number of hydrogen-bond acceptors (Lipinski definition) is 14. The summed E-state index contributed by atoms with van der Waals surface area (Å²) in [4.78, 5) is 38.9. The number of nitrogens with zero attached hydrogens (tertiary/aromatic N) is 1. The van der Waals surface area contributed by atoms with Crippen molar-refractivity contribution < 1.29 is 63.2 Å². The lowest BCUT2D eigenvalue weighted by molar-refractivity contribution is -0.340. The van der Waals surface area contributed by atoms with Crippen LogP contribution in [-0.4, -0.2) is 137 Å². The summed E-state index contributed by atoms with van der Waals surface area (Å²) in [5.74, 6) is -1.73. The first-order valence-electron chi connectivity index (χ1n) is 19.0. The molecule has 14 nitrogen and oxygen atoms in total. The summed E-state index contributed by atoms with van der Waals surface area (Å²) in [6, 6.07) is -0.703. The summed E-state index contributed by atoms with van der Waals surface area (Å²) in [7, 11) is 3.54. The molecule has 3 heterocycles. The molecular formula is C39H65NO13. The zero-order chi connectivity index (χ0) is 39.6. The molecule has 0 aliphatic carbocycles. The minimum absolute atomic E-state index is 0.0135. The number of ether oxygens (including phenoxy) is 6. The van der Waals surface area contributed by atoms with Crippen molar-refractivity contribution in [3.63, 3.8) is 0 Å². The van der Waals surface area contributed by atoms with Crippen molar-refractivity contribution in [2.45, 2.75) is 173 Å². The monoisotopic (exact) mass is 755 g/mol. The van der Waals surface area contributed by atoms with Crippen LogP contribution in [0.25, 0.3) is 0 Å². The molecule has 3 rings (SSSR count). The molecule has 4 N–H and O–H groups in total. The molecule has 3 aliphatic rings. The maximum Gasteiger partial charge on any atom is 0.308 e. The first kappa shape index (κ1) is 45.1. The van der Waals surface area contributed by atoms with Crippen LogP contribution in [-0.2, 0) is 42.8 Å². The molecule has 0 saturated carbocycles. The fourth-order valence-corrected chi connectivity index (χ4v) is 7.48. The van der Waals surface area contributed by atoms with Crippen LogP contribution in [0.1, 0.15) is 93.4 Å². The van der Waals surface area contributed by atoms with Gasteiger partial charge in [-0.3, -0.25) is 9.59 Å². The molecule has 15 unspecified atom stereocenters. The van der Waals surface area contributed by atoms with Gasteiger partial charge in [0.1, 0.15) is 30.2 Å². The van der Waals surface area contributed by atoms with Crippen molar-refractivity contribution in [3.05, 3.63) is 24.3 Å². The van der Waals surface area contributed by atoms with Gasteiger partial charge in [-0.15, -0.1) is 0 Å². The molecule has 0 bridgehead atoms. The molecule has 53 heavy (non-hydrogen) atoms. The Balaban J connectivity index is 1.83. The van der Waals surface area contributed by atoms with Gasteiger partial charge < -0.3 is 58.5 Å². The average molecular weight is 756 g/mol. The predicted octanol–water partition coefficient (Wildman–Crippen LogP) is 2.82. The second-order valence-corrected chi connectivity index (χ2v) is 16.1. The highest BCUT2D eigenvalue weighted by atomic mass is 16.7. The molecule has 15 atom stereocenters. The van der Waals surface area contributed by atoms with Gasteiger partial charge in [0, 0.05) is 32.1 Å². The lowest BCUT2D eigenvalue weighted by Crippen LogP contribution is -2.65. The molecular weight excluding hydrogens is 690 g/mol. The Morgan fingerprint density at radius 3 is 2.38 bits per heavy atom. The number of hydrogen-bond donors (Lipinski definition) is 4. The Morgan fingerprint density at radius 2 is 1.75 bits per heavy atom. The number of rotatable bonds is 10. The number of aliphatic hydroxyl groups is 4. The van der Waals surface area contributed by atoms with E-state index in [4.69, 9.17) is 28.4 Å². The van der Waals surface area contributed by atoms with Crippen LogP contribution in [0.4, 0.5) is 0 Å². The third kappa shape index (κ3) is 13.5. The lowest BCUT2D eigenvalue weighted by atomic mass is 9.83. The van der Waals surface area contributed by atoms with Gasteiger partial charge in [0.05, 0.1) is 43.0 Å². The summed E-state index contributed by atoms with van der Waals surface area (Å²) in [5, 5.41) is 45.2. The van der Waals surface area contributed by atoms with Gasteiger partial charge in [-0.25, -0.2) is 0 Å². The van der Waals surface area contributed by atoms with Crippen LogP contribution in [0.15, 0.2) is 24.3 Å².